The molecule has 0 amide bonds. The smallest absolute Gasteiger partial charge is 0.313 e. The average molecular weight is 310 g/mol. The molecule has 0 aliphatic carbocycles. The number of halogens is 1. The Balaban J connectivity index is 2.64. The first kappa shape index (κ1) is 13.9. The van der Waals surface area contributed by atoms with Gasteiger partial charge < -0.3 is 4.57 Å². The minimum Gasteiger partial charge on any atom is -0.313 e. The quantitative estimate of drug-likeness (QED) is 0.649. The number of nitrogens with zero attached hydrogens (tertiary/aromatic N) is 5. The van der Waals surface area contributed by atoms with Crippen LogP contribution in [0.3, 0.4) is 0 Å². The Labute approximate surface area is 125 Å². The lowest BCUT2D eigenvalue weighted by Gasteiger charge is -2.04. The van der Waals surface area contributed by atoms with Crippen LogP contribution in [0.15, 0.2) is 9.59 Å². The van der Waals surface area contributed by atoms with E-state index in [0.29, 0.717) is 29.4 Å². The van der Waals surface area contributed by atoms with E-state index in [2.05, 4.69) is 4.98 Å². The molecule has 0 saturated heterocycles. The van der Waals surface area contributed by atoms with Crippen molar-refractivity contribution >= 4 is 28.5 Å². The van der Waals surface area contributed by atoms with E-state index in [1.165, 1.54) is 11.6 Å². The van der Waals surface area contributed by atoms with Gasteiger partial charge in [0, 0.05) is 37.9 Å². The molecule has 3 aromatic heterocycles. The van der Waals surface area contributed by atoms with Crippen molar-refractivity contribution in [2.75, 3.05) is 5.88 Å². The number of imidazole rings is 2. The predicted octanol–water partition coefficient (Wildman–Crippen LogP) is 0.542. The van der Waals surface area contributed by atoms with Crippen LogP contribution in [-0.2, 0) is 20.6 Å². The van der Waals surface area contributed by atoms with Crippen molar-refractivity contribution in [1.82, 2.24) is 23.1 Å². The molecule has 3 aromatic rings. The SMILES string of the molecule is Cc1c(C)n2c3c(=O)n(C)c(=O)n(C)c3nc2n1CCCl. The number of hydrogen-bond donors (Lipinski definition) is 0. The van der Waals surface area contributed by atoms with Gasteiger partial charge in [-0.15, -0.1) is 11.6 Å². The minimum atomic E-state index is -0.383. The summed E-state index contributed by atoms with van der Waals surface area (Å²) in [5.74, 6) is 1.09. The number of fused-ring (bicyclic) bond motifs is 3. The molecule has 0 aliphatic rings. The van der Waals surface area contributed by atoms with Gasteiger partial charge in [-0.3, -0.25) is 18.3 Å². The second-order valence-electron chi connectivity index (χ2n) is 5.14. The molecule has 0 N–H and O–H groups in total. The molecule has 3 heterocycles. The van der Waals surface area contributed by atoms with Gasteiger partial charge in [-0.2, -0.15) is 4.98 Å². The fourth-order valence-electron chi connectivity index (χ4n) is 2.74. The lowest BCUT2D eigenvalue weighted by molar-refractivity contribution is 0.706. The lowest BCUT2D eigenvalue weighted by Crippen LogP contribution is -2.37. The lowest BCUT2D eigenvalue weighted by atomic mass is 10.3. The second-order valence-corrected chi connectivity index (χ2v) is 5.51. The van der Waals surface area contributed by atoms with E-state index in [9.17, 15) is 9.59 Å². The first-order valence-electron chi connectivity index (χ1n) is 6.60. The number of aromatic nitrogens is 5. The van der Waals surface area contributed by atoms with Crippen molar-refractivity contribution in [2.45, 2.75) is 20.4 Å². The third-order valence-electron chi connectivity index (χ3n) is 4.05. The maximum atomic E-state index is 12.5. The fourth-order valence-corrected chi connectivity index (χ4v) is 2.91. The molecule has 0 spiro atoms. The summed E-state index contributed by atoms with van der Waals surface area (Å²) in [7, 11) is 3.09. The summed E-state index contributed by atoms with van der Waals surface area (Å²) in [5.41, 5.74) is 2.02. The summed E-state index contributed by atoms with van der Waals surface area (Å²) in [6.45, 7) is 4.50. The molecule has 0 fully saturated rings. The third kappa shape index (κ3) is 1.64. The molecular weight excluding hydrogens is 294 g/mol. The molecule has 112 valence electrons. The van der Waals surface area contributed by atoms with E-state index in [1.807, 2.05) is 18.4 Å². The van der Waals surface area contributed by atoms with E-state index in [-0.39, 0.29) is 11.2 Å². The van der Waals surface area contributed by atoms with Crippen LogP contribution in [0.5, 0.6) is 0 Å². The van der Waals surface area contributed by atoms with Gasteiger partial charge in [0.25, 0.3) is 5.56 Å². The Hall–Kier alpha value is -2.02. The van der Waals surface area contributed by atoms with Crippen molar-refractivity contribution in [2.24, 2.45) is 14.1 Å². The van der Waals surface area contributed by atoms with Gasteiger partial charge >= 0.3 is 5.69 Å². The van der Waals surface area contributed by atoms with E-state index in [4.69, 9.17) is 11.6 Å². The van der Waals surface area contributed by atoms with Crippen molar-refractivity contribution in [1.29, 1.82) is 0 Å². The van der Waals surface area contributed by atoms with Gasteiger partial charge in [-0.25, -0.2) is 4.79 Å². The van der Waals surface area contributed by atoms with Crippen LogP contribution < -0.4 is 11.2 Å². The Bertz CT molecular complexity index is 988. The highest BCUT2D eigenvalue weighted by molar-refractivity contribution is 6.17. The highest BCUT2D eigenvalue weighted by atomic mass is 35.5. The zero-order chi connectivity index (χ0) is 15.5. The van der Waals surface area contributed by atoms with Crippen molar-refractivity contribution in [3.8, 4) is 0 Å². The van der Waals surface area contributed by atoms with Gasteiger partial charge in [0.2, 0.25) is 5.78 Å². The predicted molar refractivity (Wildman–Crippen MR) is 81.4 cm³/mol. The summed E-state index contributed by atoms with van der Waals surface area (Å²) in [4.78, 5) is 29.0. The molecule has 3 rings (SSSR count). The first-order valence-corrected chi connectivity index (χ1v) is 7.13. The zero-order valence-electron chi connectivity index (χ0n) is 12.3. The molecule has 0 saturated carbocycles. The van der Waals surface area contributed by atoms with E-state index < -0.39 is 0 Å². The van der Waals surface area contributed by atoms with Gasteiger partial charge in [-0.05, 0) is 13.8 Å². The monoisotopic (exact) mass is 309 g/mol. The Morgan fingerprint density at radius 2 is 1.76 bits per heavy atom. The first-order chi connectivity index (χ1) is 9.90. The summed E-state index contributed by atoms with van der Waals surface area (Å²) in [6.07, 6.45) is 0. The Kier molecular flexibility index (Phi) is 2.98. The largest absolute Gasteiger partial charge is 0.332 e. The molecule has 0 radical (unpaired) electrons. The van der Waals surface area contributed by atoms with Crippen LogP contribution in [-0.4, -0.2) is 29.0 Å². The second kappa shape index (κ2) is 4.49. The summed E-state index contributed by atoms with van der Waals surface area (Å²) >= 11 is 5.85. The fraction of sp³-hybridized carbons (Fsp3) is 0.462. The molecule has 7 nitrogen and oxygen atoms in total. The molecule has 0 aliphatic heterocycles. The van der Waals surface area contributed by atoms with Gasteiger partial charge in [0.05, 0.1) is 0 Å². The highest BCUT2D eigenvalue weighted by Crippen LogP contribution is 2.20. The molecule has 0 atom stereocenters. The van der Waals surface area contributed by atoms with Gasteiger partial charge in [0.1, 0.15) is 0 Å². The maximum Gasteiger partial charge on any atom is 0.332 e. The van der Waals surface area contributed by atoms with Crippen LogP contribution in [0.4, 0.5) is 0 Å². The van der Waals surface area contributed by atoms with Crippen LogP contribution in [0.2, 0.25) is 0 Å². The Morgan fingerprint density at radius 1 is 1.10 bits per heavy atom. The molecule has 8 heteroatoms. The summed E-state index contributed by atoms with van der Waals surface area (Å²) in [6, 6.07) is 0. The van der Waals surface area contributed by atoms with Gasteiger partial charge in [0.15, 0.2) is 11.2 Å². The standard InChI is InChI=1S/C13H16ClN5O2/c1-7-8(2)19-9-10(15-12(19)18(7)6-5-14)16(3)13(21)17(4)11(9)20/h5-6H2,1-4H3. The molecule has 0 aromatic carbocycles. The van der Waals surface area contributed by atoms with Crippen molar-refractivity contribution < 1.29 is 0 Å². The number of alkyl halides is 1. The van der Waals surface area contributed by atoms with Crippen molar-refractivity contribution in [3.63, 3.8) is 0 Å². The number of rotatable bonds is 2. The molecule has 0 unspecified atom stereocenters. The number of hydrogen-bond acceptors (Lipinski definition) is 3. The van der Waals surface area contributed by atoms with Gasteiger partial charge in [-0.1, -0.05) is 0 Å². The summed E-state index contributed by atoms with van der Waals surface area (Å²) in [5, 5.41) is 0. The van der Waals surface area contributed by atoms with E-state index >= 15 is 0 Å². The molecule has 0 bridgehead atoms. The van der Waals surface area contributed by atoms with Crippen LogP contribution in [0.1, 0.15) is 11.4 Å². The normalized spacial score (nSPS) is 11.9. The molecular formula is C13H16ClN5O2. The third-order valence-corrected chi connectivity index (χ3v) is 4.22. The van der Waals surface area contributed by atoms with E-state index in [0.717, 1.165) is 16.0 Å². The minimum absolute atomic E-state index is 0.341. The van der Waals surface area contributed by atoms with E-state index in [1.54, 1.807) is 11.4 Å². The zero-order valence-corrected chi connectivity index (χ0v) is 13.1. The molecule has 21 heavy (non-hydrogen) atoms. The highest BCUT2D eigenvalue weighted by Gasteiger charge is 2.21. The van der Waals surface area contributed by atoms with Crippen molar-refractivity contribution in [3.05, 3.63) is 32.2 Å². The van der Waals surface area contributed by atoms with Crippen LogP contribution >= 0.6 is 11.6 Å². The number of aryl methyl sites for hydroxylation is 3. The summed E-state index contributed by atoms with van der Waals surface area (Å²) < 4.78 is 6.26. The average Bonchev–Trinajstić information content (AvgIpc) is 2.95. The Morgan fingerprint density at radius 3 is 2.38 bits per heavy atom. The van der Waals surface area contributed by atoms with Crippen LogP contribution in [0, 0.1) is 13.8 Å². The maximum absolute atomic E-state index is 12.5. The van der Waals surface area contributed by atoms with Crippen LogP contribution in [0.25, 0.3) is 16.9 Å². The topological polar surface area (TPSA) is 66.2 Å².